The fourth-order valence-corrected chi connectivity index (χ4v) is 2.95. The highest BCUT2D eigenvalue weighted by molar-refractivity contribution is 7.81. The van der Waals surface area contributed by atoms with Crippen LogP contribution in [0.1, 0.15) is 13.8 Å². The second-order valence-electron chi connectivity index (χ2n) is 4.54. The molecule has 0 aromatic rings. The van der Waals surface area contributed by atoms with Crippen LogP contribution in [-0.2, 0) is 18.8 Å². The highest BCUT2D eigenvalue weighted by Crippen LogP contribution is 2.08. The molecule has 0 N–H and O–H groups in total. The topological polar surface area (TPSA) is 52.6 Å². The number of rotatable bonds is 7. The Kier molecular flexibility index (Phi) is 5.72. The molecule has 0 radical (unpaired) electrons. The van der Waals surface area contributed by atoms with Gasteiger partial charge in [-0.15, -0.1) is 6.58 Å². The molecular weight excluding hydrogens is 232 g/mol. The molecule has 4 nitrogen and oxygen atoms in total. The third-order valence-corrected chi connectivity index (χ3v) is 4.71. The molecule has 0 amide bonds. The summed E-state index contributed by atoms with van der Waals surface area (Å²) in [6.45, 7) is 11.5. The second kappa shape index (κ2) is 5.79. The van der Waals surface area contributed by atoms with Crippen molar-refractivity contribution in [3.05, 3.63) is 12.3 Å². The van der Waals surface area contributed by atoms with Gasteiger partial charge in [0.25, 0.3) is 0 Å². The maximum absolute atomic E-state index is 11.2. The van der Waals surface area contributed by atoms with Crippen molar-refractivity contribution in [3.63, 3.8) is 0 Å². The third kappa shape index (κ3) is 7.72. The minimum Gasteiger partial charge on any atom is -0.251 e. The molecule has 0 fully saturated rings. The van der Waals surface area contributed by atoms with Gasteiger partial charge in [-0.1, -0.05) is 32.6 Å². The van der Waals surface area contributed by atoms with Gasteiger partial charge in [0, 0.05) is 0 Å². The first-order chi connectivity index (χ1) is 6.68. The molecule has 0 bridgehead atoms. The third-order valence-electron chi connectivity index (χ3n) is 1.67. The Bertz CT molecular complexity index is 295. The Morgan fingerprint density at radius 1 is 1.33 bits per heavy atom. The Hall–Kier alpha value is -0.173. The van der Waals surface area contributed by atoms with Crippen LogP contribution in [0.15, 0.2) is 12.3 Å². The average molecular weight is 252 g/mol. The largest absolute Gasteiger partial charge is 0.399 e. The summed E-state index contributed by atoms with van der Waals surface area (Å²) in [5.74, 6) is 0.160. The molecule has 90 valence electrons. The van der Waals surface area contributed by atoms with Crippen LogP contribution in [0.4, 0.5) is 0 Å². The van der Waals surface area contributed by atoms with E-state index in [4.69, 9.17) is 4.18 Å². The molecule has 0 heterocycles. The van der Waals surface area contributed by atoms with Gasteiger partial charge >= 0.3 is 10.4 Å². The lowest BCUT2D eigenvalue weighted by Crippen LogP contribution is -2.32. The smallest absolute Gasteiger partial charge is 0.251 e. The first-order valence-electron chi connectivity index (χ1n) is 4.86. The minimum atomic E-state index is -3.83. The summed E-state index contributed by atoms with van der Waals surface area (Å²) in [5.41, 5.74) is 1.78. The summed E-state index contributed by atoms with van der Waals surface area (Å²) in [4.78, 5) is 0. The molecule has 0 spiro atoms. The zero-order valence-corrected chi connectivity index (χ0v) is 11.6. The molecule has 0 aliphatic heterocycles. The SMILES string of the molecule is C=C[Si](C)(C)COS(=O)(=O)OCC(C)C. The van der Waals surface area contributed by atoms with Crippen molar-refractivity contribution in [2.75, 3.05) is 12.8 Å². The lowest BCUT2D eigenvalue weighted by atomic mass is 10.2. The summed E-state index contributed by atoms with van der Waals surface area (Å²) in [6.07, 6.45) is 0.178. The van der Waals surface area contributed by atoms with Crippen LogP contribution < -0.4 is 0 Å². The van der Waals surface area contributed by atoms with E-state index >= 15 is 0 Å². The lowest BCUT2D eigenvalue weighted by Gasteiger charge is -2.16. The normalized spacial score (nSPS) is 13.1. The van der Waals surface area contributed by atoms with Crippen LogP contribution in [0, 0.1) is 5.92 Å². The molecular formula is C9H20O4SSi. The van der Waals surface area contributed by atoms with E-state index in [1.165, 1.54) is 0 Å². The van der Waals surface area contributed by atoms with Gasteiger partial charge in [-0.3, -0.25) is 4.18 Å². The fourth-order valence-electron chi connectivity index (χ4n) is 0.536. The second-order valence-corrected chi connectivity index (χ2v) is 10.5. The molecule has 0 saturated carbocycles. The molecule has 15 heavy (non-hydrogen) atoms. The van der Waals surface area contributed by atoms with Crippen molar-refractivity contribution in [2.45, 2.75) is 26.9 Å². The van der Waals surface area contributed by atoms with Gasteiger partial charge in [0.15, 0.2) is 0 Å². The van der Waals surface area contributed by atoms with Crippen molar-refractivity contribution in [3.8, 4) is 0 Å². The van der Waals surface area contributed by atoms with E-state index in [-0.39, 0.29) is 18.8 Å². The first kappa shape index (κ1) is 14.8. The Morgan fingerprint density at radius 3 is 2.27 bits per heavy atom. The zero-order valence-electron chi connectivity index (χ0n) is 9.82. The van der Waals surface area contributed by atoms with Gasteiger partial charge < -0.3 is 0 Å². The highest BCUT2D eigenvalue weighted by Gasteiger charge is 2.22. The van der Waals surface area contributed by atoms with E-state index in [1.807, 2.05) is 26.9 Å². The van der Waals surface area contributed by atoms with Crippen LogP contribution in [0.25, 0.3) is 0 Å². The molecule has 0 unspecified atom stereocenters. The molecule has 0 aromatic heterocycles. The van der Waals surface area contributed by atoms with Crippen molar-refractivity contribution in [2.24, 2.45) is 5.92 Å². The first-order valence-corrected chi connectivity index (χ1v) is 9.48. The van der Waals surface area contributed by atoms with Gasteiger partial charge in [-0.2, -0.15) is 8.42 Å². The monoisotopic (exact) mass is 252 g/mol. The number of hydrogen-bond donors (Lipinski definition) is 0. The molecule has 0 aromatic carbocycles. The van der Waals surface area contributed by atoms with Gasteiger partial charge in [-0.25, -0.2) is 4.18 Å². The van der Waals surface area contributed by atoms with E-state index in [9.17, 15) is 8.42 Å². The summed E-state index contributed by atoms with van der Waals surface area (Å²) in [7, 11) is -5.59. The summed E-state index contributed by atoms with van der Waals surface area (Å²) < 4.78 is 31.9. The zero-order chi connectivity index (χ0) is 12.1. The summed E-state index contributed by atoms with van der Waals surface area (Å²) in [5, 5.41) is 0. The Balaban J connectivity index is 4.11. The van der Waals surface area contributed by atoms with Crippen molar-refractivity contribution in [1.82, 2.24) is 0 Å². The standard InChI is InChI=1S/C9H20O4SSi/c1-6-15(4,5)8-13-14(10,11)12-7-9(2)3/h6,9H,1,7-8H2,2-5H3. The van der Waals surface area contributed by atoms with E-state index in [2.05, 4.69) is 10.8 Å². The predicted molar refractivity (Wildman–Crippen MR) is 63.3 cm³/mol. The molecule has 0 atom stereocenters. The van der Waals surface area contributed by atoms with Gasteiger partial charge in [0.2, 0.25) is 0 Å². The average Bonchev–Trinajstić information content (AvgIpc) is 2.13. The van der Waals surface area contributed by atoms with Crippen molar-refractivity contribution in [1.29, 1.82) is 0 Å². The quantitative estimate of drug-likeness (QED) is 0.649. The molecule has 0 aliphatic rings. The predicted octanol–water partition coefficient (Wildman–Crippen LogP) is 1.89. The van der Waals surface area contributed by atoms with E-state index < -0.39 is 18.5 Å². The van der Waals surface area contributed by atoms with Crippen LogP contribution in [-0.4, -0.2) is 29.3 Å². The van der Waals surface area contributed by atoms with Crippen LogP contribution >= 0.6 is 0 Å². The van der Waals surface area contributed by atoms with E-state index in [1.54, 1.807) is 5.70 Å². The molecule has 0 saturated heterocycles. The van der Waals surface area contributed by atoms with Gasteiger partial charge in [0.05, 0.1) is 12.8 Å². The lowest BCUT2D eigenvalue weighted by molar-refractivity contribution is 0.212. The number of hydrogen-bond acceptors (Lipinski definition) is 4. The van der Waals surface area contributed by atoms with E-state index in [0.29, 0.717) is 0 Å². The maximum Gasteiger partial charge on any atom is 0.399 e. The van der Waals surface area contributed by atoms with Crippen LogP contribution in [0.5, 0.6) is 0 Å². The molecule has 6 heteroatoms. The minimum absolute atomic E-state index is 0.151. The van der Waals surface area contributed by atoms with Crippen LogP contribution in [0.2, 0.25) is 13.1 Å². The van der Waals surface area contributed by atoms with E-state index in [0.717, 1.165) is 0 Å². The fraction of sp³-hybridized carbons (Fsp3) is 0.778. The maximum atomic E-state index is 11.2. The van der Waals surface area contributed by atoms with Crippen LogP contribution in [0.3, 0.4) is 0 Å². The van der Waals surface area contributed by atoms with Gasteiger partial charge in [-0.05, 0) is 5.92 Å². The Labute approximate surface area is 93.6 Å². The van der Waals surface area contributed by atoms with Crippen molar-refractivity contribution < 1.29 is 16.8 Å². The highest BCUT2D eigenvalue weighted by atomic mass is 32.3. The van der Waals surface area contributed by atoms with Crippen molar-refractivity contribution >= 4 is 18.5 Å². The Morgan fingerprint density at radius 2 is 1.87 bits per heavy atom. The summed E-state index contributed by atoms with van der Waals surface area (Å²) >= 11 is 0. The molecule has 0 aliphatic carbocycles. The summed E-state index contributed by atoms with van der Waals surface area (Å²) in [6, 6.07) is 0. The van der Waals surface area contributed by atoms with Gasteiger partial charge in [0.1, 0.15) is 8.07 Å². The molecule has 0 rings (SSSR count).